The first-order chi connectivity index (χ1) is 34.2. The van der Waals surface area contributed by atoms with E-state index < -0.39 is 104 Å². The lowest BCUT2D eigenvalue weighted by molar-refractivity contribution is -0.338. The number of nitrogens with zero attached hydrogens (tertiary/aromatic N) is 1. The van der Waals surface area contributed by atoms with Crippen LogP contribution in [0.1, 0.15) is 96.1 Å². The van der Waals surface area contributed by atoms with Gasteiger partial charge in [-0.05, 0) is 107 Å². The zero-order valence-corrected chi connectivity index (χ0v) is 43.4. The highest BCUT2D eigenvalue weighted by molar-refractivity contribution is 9.10. The maximum absolute atomic E-state index is 14.2. The van der Waals surface area contributed by atoms with Crippen molar-refractivity contribution in [2.24, 2.45) is 17.8 Å². The molecule has 1 aromatic carbocycles. The van der Waals surface area contributed by atoms with Gasteiger partial charge in [-0.25, -0.2) is 4.79 Å². The summed E-state index contributed by atoms with van der Waals surface area (Å²) in [7, 11) is 0. The topological polar surface area (TPSA) is 282 Å². The molecule has 3 heterocycles. The highest BCUT2D eigenvalue weighted by Gasteiger charge is 2.53. The van der Waals surface area contributed by atoms with E-state index in [1.54, 1.807) is 6.92 Å². The summed E-state index contributed by atoms with van der Waals surface area (Å²) in [6, 6.07) is 5.25. The van der Waals surface area contributed by atoms with Crippen LogP contribution < -0.4 is 26.6 Å². The van der Waals surface area contributed by atoms with Crippen molar-refractivity contribution in [2.75, 3.05) is 65.5 Å². The zero-order chi connectivity index (χ0) is 51.0. The molecule has 0 bridgehead atoms. The Bertz CT molecular complexity index is 1790. The molecule has 3 aliphatic heterocycles. The van der Waals surface area contributed by atoms with Crippen LogP contribution >= 0.6 is 15.9 Å². The summed E-state index contributed by atoms with van der Waals surface area (Å²) in [5, 5.41) is 80.9. The summed E-state index contributed by atoms with van der Waals surface area (Å²) >= 11 is 3.81. The standard InChI is InChI=1S/C50H83BrN6O14/c1-4-33-24-35(37(60)8-5-13-55-26-34-12-11-32(22-36(34)51)27-57-20-7-16-53-18-17-52-14-6-15-54-19-21-57)25-38(46(33)71-50-45(64)44(63)42(61)29(2)67-50)69-49-41(56-30(3)59)47(43(62)40(28-58)70-49)68-39(48(65)66)23-31-9-10-31/h11-12,22,29,31,33,35,38-47,49-50,52-55,58,61-64H,4-10,13-21,23-28H2,1-3H3,(H,56,59)(H,65,66)/t29?,33?,35?,38?,39-,40?,41?,42?,43?,44?,45?,46?,47?,49?,50?/m0/s1. The Hall–Kier alpha value is -2.29. The van der Waals surface area contributed by atoms with E-state index in [-0.39, 0.29) is 36.9 Å². The average molecular weight is 1070 g/mol. The Morgan fingerprint density at radius 3 is 2.30 bits per heavy atom. The molecule has 20 nitrogen and oxygen atoms in total. The molecule has 6 rings (SSSR count). The highest BCUT2D eigenvalue weighted by atomic mass is 79.9. The van der Waals surface area contributed by atoms with Crippen LogP contribution in [0.3, 0.4) is 0 Å². The monoisotopic (exact) mass is 1070 g/mol. The molecule has 2 saturated carbocycles. The number of Topliss-reactive ketones (excluding diaryl/α,β-unsaturated/α-hetero) is 1. The van der Waals surface area contributed by atoms with Crippen LogP contribution in [0.15, 0.2) is 22.7 Å². The summed E-state index contributed by atoms with van der Waals surface area (Å²) in [4.78, 5) is 41.8. The normalized spacial score (nSPS) is 34.5. The second-order valence-corrected chi connectivity index (χ2v) is 21.1. The van der Waals surface area contributed by atoms with Gasteiger partial charge in [-0.2, -0.15) is 0 Å². The molecule has 0 aromatic heterocycles. The third-order valence-corrected chi connectivity index (χ3v) is 15.4. The Balaban J connectivity index is 1.10. The lowest BCUT2D eigenvalue weighted by Crippen LogP contribution is -2.67. The van der Waals surface area contributed by atoms with Gasteiger partial charge in [-0.3, -0.25) is 14.5 Å². The highest BCUT2D eigenvalue weighted by Crippen LogP contribution is 2.41. The first-order valence-electron chi connectivity index (χ1n) is 26.1. The molecular weight excluding hydrogens is 988 g/mol. The van der Waals surface area contributed by atoms with Gasteiger partial charge in [-0.1, -0.05) is 54.2 Å². The van der Waals surface area contributed by atoms with Gasteiger partial charge >= 0.3 is 5.97 Å². The van der Waals surface area contributed by atoms with E-state index >= 15 is 0 Å². The molecular formula is C50H83BrN6O14. The van der Waals surface area contributed by atoms with E-state index in [0.717, 1.165) is 94.6 Å². The van der Waals surface area contributed by atoms with Crippen molar-refractivity contribution in [2.45, 2.75) is 178 Å². The van der Waals surface area contributed by atoms with Crippen molar-refractivity contribution in [3.63, 3.8) is 0 Å². The van der Waals surface area contributed by atoms with E-state index in [9.17, 15) is 45.0 Å². The molecule has 14 unspecified atom stereocenters. The Morgan fingerprint density at radius 1 is 0.887 bits per heavy atom. The number of rotatable bonds is 21. The maximum atomic E-state index is 14.2. The van der Waals surface area contributed by atoms with Gasteiger partial charge in [0.1, 0.15) is 48.4 Å². The molecule has 21 heteroatoms. The Kier molecular flexibility index (Phi) is 23.8. The molecule has 2 aliphatic carbocycles. The predicted octanol–water partition coefficient (Wildman–Crippen LogP) is 0.508. The third kappa shape index (κ3) is 17.4. The van der Waals surface area contributed by atoms with E-state index in [2.05, 4.69) is 65.6 Å². The summed E-state index contributed by atoms with van der Waals surface area (Å²) in [5.74, 6) is -2.49. The number of nitrogens with one attached hydrogen (secondary N) is 5. The fraction of sp³-hybridized carbons (Fsp3) is 0.820. The smallest absolute Gasteiger partial charge is 0.332 e. The molecule has 0 radical (unpaired) electrons. The fourth-order valence-electron chi connectivity index (χ4n) is 10.3. The quantitative estimate of drug-likeness (QED) is 0.0749. The van der Waals surface area contributed by atoms with Crippen LogP contribution in [-0.2, 0) is 51.2 Å². The zero-order valence-electron chi connectivity index (χ0n) is 41.8. The number of ether oxygens (including phenoxy) is 5. The van der Waals surface area contributed by atoms with Gasteiger partial charge in [-0.15, -0.1) is 0 Å². The number of carbonyl (C=O) groups is 3. The maximum Gasteiger partial charge on any atom is 0.332 e. The van der Waals surface area contributed by atoms with Crippen LogP contribution in [0, 0.1) is 17.8 Å². The van der Waals surface area contributed by atoms with E-state index in [1.165, 1.54) is 12.5 Å². The summed E-state index contributed by atoms with van der Waals surface area (Å²) < 4.78 is 32.3. The Morgan fingerprint density at radius 2 is 1.62 bits per heavy atom. The molecule has 71 heavy (non-hydrogen) atoms. The van der Waals surface area contributed by atoms with E-state index in [4.69, 9.17) is 23.7 Å². The minimum Gasteiger partial charge on any atom is -0.479 e. The minimum absolute atomic E-state index is 0.0110. The molecule has 0 spiro atoms. The van der Waals surface area contributed by atoms with Crippen LogP contribution in [0.5, 0.6) is 0 Å². The van der Waals surface area contributed by atoms with Crippen LogP contribution in [0.4, 0.5) is 0 Å². The van der Waals surface area contributed by atoms with Gasteiger partial charge in [0.25, 0.3) is 0 Å². The number of benzene rings is 1. The molecule has 3 saturated heterocycles. The number of ketones is 1. The first-order valence-corrected chi connectivity index (χ1v) is 26.9. The van der Waals surface area contributed by atoms with Crippen molar-refractivity contribution in [1.29, 1.82) is 0 Å². The molecule has 1 amide bonds. The number of halogens is 1. The molecule has 5 fully saturated rings. The summed E-state index contributed by atoms with van der Waals surface area (Å²) in [5.41, 5.74) is 2.35. The van der Waals surface area contributed by atoms with Gasteiger partial charge in [0.15, 0.2) is 18.7 Å². The van der Waals surface area contributed by atoms with E-state index in [1.807, 2.05) is 6.92 Å². The second-order valence-electron chi connectivity index (χ2n) is 20.2. The van der Waals surface area contributed by atoms with Gasteiger partial charge in [0.05, 0.1) is 24.9 Å². The van der Waals surface area contributed by atoms with Crippen molar-refractivity contribution in [1.82, 2.24) is 31.5 Å². The number of aliphatic hydroxyl groups is 5. The van der Waals surface area contributed by atoms with E-state index in [0.29, 0.717) is 32.4 Å². The number of carbonyl (C=O) groups excluding carboxylic acids is 2. The lowest BCUT2D eigenvalue weighted by Gasteiger charge is -2.49. The molecule has 5 aliphatic rings. The van der Waals surface area contributed by atoms with Gasteiger partial charge < -0.3 is 80.9 Å². The van der Waals surface area contributed by atoms with Crippen molar-refractivity contribution < 1.29 is 68.7 Å². The fourth-order valence-corrected chi connectivity index (χ4v) is 10.9. The van der Waals surface area contributed by atoms with Crippen molar-refractivity contribution in [3.05, 3.63) is 33.8 Å². The number of hydrogen-bond donors (Lipinski definition) is 11. The van der Waals surface area contributed by atoms with Gasteiger partial charge in [0, 0.05) is 63.0 Å². The molecule has 404 valence electrons. The van der Waals surface area contributed by atoms with Crippen molar-refractivity contribution >= 4 is 33.6 Å². The number of carboxylic acid groups (broad SMARTS) is 1. The third-order valence-electron chi connectivity index (χ3n) is 14.6. The number of hydrogen-bond acceptors (Lipinski definition) is 18. The lowest BCUT2D eigenvalue weighted by atomic mass is 9.74. The van der Waals surface area contributed by atoms with Crippen LogP contribution in [0.25, 0.3) is 0 Å². The largest absolute Gasteiger partial charge is 0.479 e. The summed E-state index contributed by atoms with van der Waals surface area (Å²) in [6.45, 7) is 14.0. The van der Waals surface area contributed by atoms with Crippen LogP contribution in [0.2, 0.25) is 0 Å². The number of carboxylic acids is 1. The number of aliphatic hydroxyl groups excluding tert-OH is 5. The molecule has 15 atom stereocenters. The minimum atomic E-state index is -1.63. The Labute approximate surface area is 427 Å². The summed E-state index contributed by atoms with van der Waals surface area (Å²) in [6.07, 6.45) is -9.80. The SMILES string of the molecule is CCC1CC(C(=O)CCCNCc2ccc(CN3CCCNCCNCCCNCC3)cc2Br)CC(OC2OC(CO)C(O)C(O[C@@H](CC3CC3)C(=O)O)C2NC(C)=O)C1OC1OC(C)C(O)C(O)C1O. The van der Waals surface area contributed by atoms with Crippen LogP contribution in [-0.4, -0.2) is 198 Å². The predicted molar refractivity (Wildman–Crippen MR) is 265 cm³/mol. The van der Waals surface area contributed by atoms with Crippen molar-refractivity contribution in [3.8, 4) is 0 Å². The number of aliphatic carboxylic acids is 1. The second kappa shape index (κ2) is 29.1. The number of amides is 1. The van der Waals surface area contributed by atoms with Gasteiger partial charge in [0.2, 0.25) is 5.91 Å². The first kappa shape index (κ1) is 58.0. The average Bonchev–Trinajstić information content (AvgIpc) is 4.17. The molecule has 11 N–H and O–H groups in total. The molecule has 1 aromatic rings.